The van der Waals surface area contributed by atoms with E-state index < -0.39 is 5.60 Å². The average Bonchev–Trinajstić information content (AvgIpc) is 2.60. The maximum absolute atomic E-state index is 10.2. The summed E-state index contributed by atoms with van der Waals surface area (Å²) in [5.41, 5.74) is 5.93. The van der Waals surface area contributed by atoms with Crippen LogP contribution >= 0.6 is 0 Å². The number of hydrogen-bond donors (Lipinski definition) is 2. The molecule has 1 heterocycles. The Hall–Kier alpha value is -0.870. The molecule has 1 fully saturated rings. The van der Waals surface area contributed by atoms with Gasteiger partial charge in [-0.3, -0.25) is 4.68 Å². The van der Waals surface area contributed by atoms with Crippen molar-refractivity contribution in [2.24, 2.45) is 12.8 Å². The molecular weight excluding hydrogens is 166 g/mol. The second-order valence-corrected chi connectivity index (χ2v) is 3.94. The minimum absolute atomic E-state index is 0.130. The van der Waals surface area contributed by atoms with E-state index in [1.54, 1.807) is 10.9 Å². The van der Waals surface area contributed by atoms with Crippen molar-refractivity contribution in [1.29, 1.82) is 0 Å². The summed E-state index contributed by atoms with van der Waals surface area (Å²) in [6.07, 6.45) is 5.88. The Kier molecular flexibility index (Phi) is 1.89. The third-order valence-corrected chi connectivity index (χ3v) is 2.77. The molecule has 2 atom stereocenters. The molecule has 0 saturated heterocycles. The topological polar surface area (TPSA) is 64.1 Å². The molecule has 0 aliphatic heterocycles. The fourth-order valence-electron chi connectivity index (χ4n) is 1.99. The third-order valence-electron chi connectivity index (χ3n) is 2.77. The lowest BCUT2D eigenvalue weighted by molar-refractivity contribution is 0.0430. The monoisotopic (exact) mass is 181 g/mol. The van der Waals surface area contributed by atoms with Crippen molar-refractivity contribution in [3.63, 3.8) is 0 Å². The molecular formula is C9H15N3O. The first-order valence-electron chi connectivity index (χ1n) is 4.57. The van der Waals surface area contributed by atoms with E-state index in [4.69, 9.17) is 5.73 Å². The Bertz CT molecular complexity index is 310. The van der Waals surface area contributed by atoms with E-state index in [9.17, 15) is 5.11 Å². The predicted octanol–water partition coefficient (Wildman–Crippen LogP) is 0.119. The van der Waals surface area contributed by atoms with Crippen LogP contribution in [0.4, 0.5) is 0 Å². The molecule has 1 aromatic heterocycles. The van der Waals surface area contributed by atoms with Crippen LogP contribution in [-0.2, 0) is 12.6 Å². The number of aromatic nitrogens is 2. The van der Waals surface area contributed by atoms with Gasteiger partial charge in [0.05, 0.1) is 11.8 Å². The summed E-state index contributed by atoms with van der Waals surface area (Å²) in [4.78, 5) is 0. The highest BCUT2D eigenvalue weighted by Gasteiger charge is 2.37. The normalized spacial score (nSPS) is 33.9. The largest absolute Gasteiger partial charge is 0.385 e. The first-order valence-corrected chi connectivity index (χ1v) is 4.57. The minimum atomic E-state index is -0.728. The van der Waals surface area contributed by atoms with Crippen LogP contribution in [0.5, 0.6) is 0 Å². The summed E-state index contributed by atoms with van der Waals surface area (Å²) in [5, 5.41) is 14.3. The molecule has 0 amide bonds. The highest BCUT2D eigenvalue weighted by molar-refractivity contribution is 5.17. The van der Waals surface area contributed by atoms with E-state index in [0.29, 0.717) is 6.42 Å². The van der Waals surface area contributed by atoms with Gasteiger partial charge >= 0.3 is 0 Å². The van der Waals surface area contributed by atoms with Gasteiger partial charge < -0.3 is 10.8 Å². The maximum atomic E-state index is 10.2. The molecule has 2 unspecified atom stereocenters. The smallest absolute Gasteiger partial charge is 0.0942 e. The van der Waals surface area contributed by atoms with Gasteiger partial charge in [-0.25, -0.2) is 0 Å². The van der Waals surface area contributed by atoms with Crippen LogP contribution in [0.25, 0.3) is 0 Å². The van der Waals surface area contributed by atoms with Crippen molar-refractivity contribution in [3.8, 4) is 0 Å². The van der Waals surface area contributed by atoms with Crippen molar-refractivity contribution < 1.29 is 5.11 Å². The van der Waals surface area contributed by atoms with Crippen LogP contribution < -0.4 is 5.73 Å². The first kappa shape index (κ1) is 8.72. The molecule has 0 spiro atoms. The lowest BCUT2D eigenvalue weighted by Crippen LogP contribution is -2.24. The quantitative estimate of drug-likeness (QED) is 0.646. The zero-order valence-electron chi connectivity index (χ0n) is 7.77. The van der Waals surface area contributed by atoms with Crippen molar-refractivity contribution in [3.05, 3.63) is 18.0 Å². The average molecular weight is 181 g/mol. The highest BCUT2D eigenvalue weighted by Crippen LogP contribution is 2.37. The molecule has 1 aliphatic carbocycles. The summed E-state index contributed by atoms with van der Waals surface area (Å²) in [5.74, 6) is 0. The molecule has 0 aromatic carbocycles. The summed E-state index contributed by atoms with van der Waals surface area (Å²) in [6.45, 7) is 0. The molecule has 3 N–H and O–H groups in total. The number of aryl methyl sites for hydroxylation is 1. The fraction of sp³-hybridized carbons (Fsp3) is 0.667. The minimum Gasteiger partial charge on any atom is -0.385 e. The molecule has 1 aromatic rings. The lowest BCUT2D eigenvalue weighted by atomic mass is 9.95. The first-order chi connectivity index (χ1) is 6.10. The van der Waals surface area contributed by atoms with Gasteiger partial charge in [0.25, 0.3) is 0 Å². The Labute approximate surface area is 77.4 Å². The zero-order chi connectivity index (χ0) is 9.47. The van der Waals surface area contributed by atoms with E-state index in [1.165, 1.54) is 0 Å². The van der Waals surface area contributed by atoms with E-state index in [0.717, 1.165) is 18.4 Å². The SMILES string of the molecule is Cn1cc(C2(O)CCC(N)C2)cn1. The third kappa shape index (κ3) is 1.47. The van der Waals surface area contributed by atoms with E-state index in [2.05, 4.69) is 5.10 Å². The van der Waals surface area contributed by atoms with Gasteiger partial charge in [-0.15, -0.1) is 0 Å². The summed E-state index contributed by atoms with van der Waals surface area (Å²) in [6, 6.07) is 0.130. The zero-order valence-corrected chi connectivity index (χ0v) is 7.77. The number of nitrogens with zero attached hydrogens (tertiary/aromatic N) is 2. The van der Waals surface area contributed by atoms with Crippen molar-refractivity contribution in [2.75, 3.05) is 0 Å². The Morgan fingerprint density at radius 2 is 2.54 bits per heavy atom. The molecule has 4 heteroatoms. The summed E-state index contributed by atoms with van der Waals surface area (Å²) >= 11 is 0. The second-order valence-electron chi connectivity index (χ2n) is 3.94. The Morgan fingerprint density at radius 3 is 3.00 bits per heavy atom. The summed E-state index contributed by atoms with van der Waals surface area (Å²) < 4.78 is 1.71. The number of rotatable bonds is 1. The fourth-order valence-corrected chi connectivity index (χ4v) is 1.99. The van der Waals surface area contributed by atoms with Gasteiger partial charge in [-0.1, -0.05) is 0 Å². The lowest BCUT2D eigenvalue weighted by Gasteiger charge is -2.20. The molecule has 1 aliphatic rings. The van der Waals surface area contributed by atoms with Crippen molar-refractivity contribution >= 4 is 0 Å². The van der Waals surface area contributed by atoms with Gasteiger partial charge in [0, 0.05) is 24.8 Å². The van der Waals surface area contributed by atoms with E-state index >= 15 is 0 Å². The van der Waals surface area contributed by atoms with Crippen molar-refractivity contribution in [2.45, 2.75) is 30.9 Å². The van der Waals surface area contributed by atoms with Crippen LogP contribution in [0.3, 0.4) is 0 Å². The molecule has 2 rings (SSSR count). The predicted molar refractivity (Wildman–Crippen MR) is 48.9 cm³/mol. The van der Waals surface area contributed by atoms with Gasteiger partial charge in [0.1, 0.15) is 0 Å². The molecule has 0 bridgehead atoms. The van der Waals surface area contributed by atoms with Crippen molar-refractivity contribution in [1.82, 2.24) is 9.78 Å². The van der Waals surface area contributed by atoms with Gasteiger partial charge in [0.15, 0.2) is 0 Å². The van der Waals surface area contributed by atoms with E-state index in [1.807, 2.05) is 13.2 Å². The number of nitrogens with two attached hydrogens (primary N) is 1. The number of aliphatic hydroxyl groups is 1. The van der Waals surface area contributed by atoms with E-state index in [-0.39, 0.29) is 6.04 Å². The van der Waals surface area contributed by atoms with Crippen LogP contribution in [-0.4, -0.2) is 20.9 Å². The van der Waals surface area contributed by atoms with Gasteiger partial charge in [-0.05, 0) is 19.3 Å². The molecule has 13 heavy (non-hydrogen) atoms. The molecule has 4 nitrogen and oxygen atoms in total. The van der Waals surface area contributed by atoms with Crippen LogP contribution in [0.2, 0.25) is 0 Å². The van der Waals surface area contributed by atoms with Crippen LogP contribution in [0, 0.1) is 0 Å². The Balaban J connectivity index is 2.25. The maximum Gasteiger partial charge on any atom is 0.0942 e. The standard InChI is InChI=1S/C9H15N3O/c1-12-6-7(5-11-12)9(13)3-2-8(10)4-9/h5-6,8,13H,2-4,10H2,1H3. The highest BCUT2D eigenvalue weighted by atomic mass is 16.3. The molecule has 0 radical (unpaired) electrons. The van der Waals surface area contributed by atoms with Crippen LogP contribution in [0.15, 0.2) is 12.4 Å². The molecule has 72 valence electrons. The van der Waals surface area contributed by atoms with Gasteiger partial charge in [-0.2, -0.15) is 5.10 Å². The van der Waals surface area contributed by atoms with Crippen LogP contribution in [0.1, 0.15) is 24.8 Å². The summed E-state index contributed by atoms with van der Waals surface area (Å²) in [7, 11) is 1.85. The Morgan fingerprint density at radius 1 is 1.77 bits per heavy atom. The molecule has 1 saturated carbocycles. The second kappa shape index (κ2) is 2.82. The van der Waals surface area contributed by atoms with Gasteiger partial charge in [0.2, 0.25) is 0 Å². The number of hydrogen-bond acceptors (Lipinski definition) is 3.